The summed E-state index contributed by atoms with van der Waals surface area (Å²) in [5.41, 5.74) is 0.857. The molecular formula is C11H13NO3. The summed E-state index contributed by atoms with van der Waals surface area (Å²) in [5, 5.41) is 9.07. The molecule has 1 aliphatic rings. The minimum absolute atomic E-state index is 0.159. The summed E-state index contributed by atoms with van der Waals surface area (Å²) in [4.78, 5) is 25.4. The molecule has 80 valence electrons. The molecule has 1 aromatic rings. The molecule has 1 saturated carbocycles. The standard InChI is InChI=1S/C11H13NO3/c13-7-3-4-8(11(14)15)9(6-7)10-2-1-5-12-10/h1-2,5,8-9,12H,3-4,6H2,(H,14,15). The summed E-state index contributed by atoms with van der Waals surface area (Å²) in [6.45, 7) is 0. The number of carbonyl (C=O) groups excluding carboxylic acids is 1. The van der Waals surface area contributed by atoms with E-state index < -0.39 is 11.9 Å². The Bertz CT molecular complexity index is 369. The minimum Gasteiger partial charge on any atom is -0.481 e. The van der Waals surface area contributed by atoms with Gasteiger partial charge in [0.25, 0.3) is 0 Å². The molecule has 0 saturated heterocycles. The maximum Gasteiger partial charge on any atom is 0.307 e. The van der Waals surface area contributed by atoms with Gasteiger partial charge in [0.1, 0.15) is 5.78 Å². The molecule has 1 fully saturated rings. The summed E-state index contributed by atoms with van der Waals surface area (Å²) in [6, 6.07) is 3.67. The number of carboxylic acid groups (broad SMARTS) is 1. The molecule has 1 heterocycles. The van der Waals surface area contributed by atoms with Crippen LogP contribution in [0.1, 0.15) is 30.9 Å². The van der Waals surface area contributed by atoms with Crippen molar-refractivity contribution in [2.45, 2.75) is 25.2 Å². The van der Waals surface area contributed by atoms with E-state index in [1.807, 2.05) is 12.1 Å². The van der Waals surface area contributed by atoms with Crippen LogP contribution < -0.4 is 0 Å². The van der Waals surface area contributed by atoms with Gasteiger partial charge in [-0.3, -0.25) is 9.59 Å². The van der Waals surface area contributed by atoms with Gasteiger partial charge in [0.2, 0.25) is 0 Å². The van der Waals surface area contributed by atoms with E-state index in [9.17, 15) is 9.59 Å². The molecule has 0 aliphatic heterocycles. The van der Waals surface area contributed by atoms with Gasteiger partial charge in [0.05, 0.1) is 5.92 Å². The lowest BCUT2D eigenvalue weighted by Gasteiger charge is -2.26. The van der Waals surface area contributed by atoms with E-state index in [4.69, 9.17) is 5.11 Å². The van der Waals surface area contributed by atoms with Crippen molar-refractivity contribution < 1.29 is 14.7 Å². The number of nitrogens with one attached hydrogen (secondary N) is 1. The zero-order valence-corrected chi connectivity index (χ0v) is 8.27. The monoisotopic (exact) mass is 207 g/mol. The maximum absolute atomic E-state index is 11.3. The van der Waals surface area contributed by atoms with E-state index in [1.54, 1.807) is 6.20 Å². The minimum atomic E-state index is -0.804. The van der Waals surface area contributed by atoms with Crippen LogP contribution in [0, 0.1) is 5.92 Å². The molecule has 0 aromatic carbocycles. The van der Waals surface area contributed by atoms with Crippen LogP contribution in [0.15, 0.2) is 18.3 Å². The number of ketones is 1. The lowest BCUT2D eigenvalue weighted by Crippen LogP contribution is -2.29. The zero-order valence-electron chi connectivity index (χ0n) is 8.27. The van der Waals surface area contributed by atoms with E-state index in [2.05, 4.69) is 4.98 Å². The molecule has 2 N–H and O–H groups in total. The highest BCUT2D eigenvalue weighted by Gasteiger charge is 2.35. The van der Waals surface area contributed by atoms with Gasteiger partial charge >= 0.3 is 5.97 Å². The Kier molecular flexibility index (Phi) is 2.58. The number of carbonyl (C=O) groups is 2. The number of hydrogen-bond donors (Lipinski definition) is 2. The quantitative estimate of drug-likeness (QED) is 0.773. The van der Waals surface area contributed by atoms with Crippen molar-refractivity contribution in [2.24, 2.45) is 5.92 Å². The van der Waals surface area contributed by atoms with Crippen molar-refractivity contribution >= 4 is 11.8 Å². The fourth-order valence-electron chi connectivity index (χ4n) is 2.20. The van der Waals surface area contributed by atoms with E-state index >= 15 is 0 Å². The first kappa shape index (κ1) is 9.96. The third-order valence-electron chi connectivity index (χ3n) is 3.01. The van der Waals surface area contributed by atoms with Crippen molar-refractivity contribution in [3.8, 4) is 0 Å². The first-order valence-electron chi connectivity index (χ1n) is 5.06. The van der Waals surface area contributed by atoms with Gasteiger partial charge in [-0.15, -0.1) is 0 Å². The molecule has 4 heteroatoms. The number of aromatic nitrogens is 1. The molecule has 15 heavy (non-hydrogen) atoms. The molecule has 2 atom stereocenters. The predicted molar refractivity (Wildman–Crippen MR) is 53.5 cm³/mol. The number of rotatable bonds is 2. The Labute approximate surface area is 87.3 Å². The van der Waals surface area contributed by atoms with Gasteiger partial charge in [-0.1, -0.05) is 0 Å². The largest absolute Gasteiger partial charge is 0.481 e. The SMILES string of the molecule is O=C1CCC(C(=O)O)C(c2ccc[nH]2)C1. The lowest BCUT2D eigenvalue weighted by atomic mass is 9.77. The molecule has 1 aromatic heterocycles. The van der Waals surface area contributed by atoms with Crippen molar-refractivity contribution in [2.75, 3.05) is 0 Å². The Morgan fingerprint density at radius 3 is 2.93 bits per heavy atom. The average Bonchev–Trinajstić information content (AvgIpc) is 2.69. The molecule has 0 spiro atoms. The maximum atomic E-state index is 11.3. The molecule has 4 nitrogen and oxygen atoms in total. The van der Waals surface area contributed by atoms with Crippen LogP contribution in [0.2, 0.25) is 0 Å². The Morgan fingerprint density at radius 2 is 2.33 bits per heavy atom. The highest BCUT2D eigenvalue weighted by molar-refractivity contribution is 5.83. The number of aromatic amines is 1. The fourth-order valence-corrected chi connectivity index (χ4v) is 2.20. The van der Waals surface area contributed by atoms with Crippen LogP contribution in [-0.4, -0.2) is 21.8 Å². The summed E-state index contributed by atoms with van der Waals surface area (Å²) in [5.74, 6) is -1.26. The Balaban J connectivity index is 2.24. The smallest absolute Gasteiger partial charge is 0.307 e. The van der Waals surface area contributed by atoms with Crippen LogP contribution in [0.3, 0.4) is 0 Å². The van der Waals surface area contributed by atoms with Crippen molar-refractivity contribution in [1.82, 2.24) is 4.98 Å². The van der Waals surface area contributed by atoms with Crippen LogP contribution >= 0.6 is 0 Å². The molecular weight excluding hydrogens is 194 g/mol. The van der Waals surface area contributed by atoms with Crippen molar-refractivity contribution in [3.63, 3.8) is 0 Å². The number of H-pyrrole nitrogens is 1. The van der Waals surface area contributed by atoms with Gasteiger partial charge in [0, 0.05) is 30.7 Å². The number of hydrogen-bond acceptors (Lipinski definition) is 2. The van der Waals surface area contributed by atoms with Crippen LogP contribution in [0.25, 0.3) is 0 Å². The third kappa shape index (κ3) is 1.93. The molecule has 0 radical (unpaired) electrons. The average molecular weight is 207 g/mol. The highest BCUT2D eigenvalue weighted by Crippen LogP contribution is 2.35. The predicted octanol–water partition coefficient (Wildman–Crippen LogP) is 1.55. The zero-order chi connectivity index (χ0) is 10.8. The summed E-state index contributed by atoms with van der Waals surface area (Å²) in [6.07, 6.45) is 2.96. The van der Waals surface area contributed by atoms with Gasteiger partial charge in [-0.2, -0.15) is 0 Å². The van der Waals surface area contributed by atoms with Gasteiger partial charge < -0.3 is 10.1 Å². The first-order valence-corrected chi connectivity index (χ1v) is 5.06. The van der Waals surface area contributed by atoms with E-state index in [-0.39, 0.29) is 11.7 Å². The normalized spacial score (nSPS) is 26.5. The van der Waals surface area contributed by atoms with Crippen LogP contribution in [0.5, 0.6) is 0 Å². The fraction of sp³-hybridized carbons (Fsp3) is 0.455. The number of carboxylic acids is 1. The molecule has 0 bridgehead atoms. The first-order chi connectivity index (χ1) is 7.18. The number of Topliss-reactive ketones (excluding diaryl/α,β-unsaturated/α-hetero) is 1. The second kappa shape index (κ2) is 3.88. The Hall–Kier alpha value is -1.58. The van der Waals surface area contributed by atoms with E-state index in [1.165, 1.54) is 0 Å². The second-order valence-corrected chi connectivity index (χ2v) is 3.96. The van der Waals surface area contributed by atoms with Crippen molar-refractivity contribution in [3.05, 3.63) is 24.0 Å². The van der Waals surface area contributed by atoms with Gasteiger partial charge in [-0.25, -0.2) is 0 Å². The van der Waals surface area contributed by atoms with Crippen LogP contribution in [0.4, 0.5) is 0 Å². The molecule has 2 unspecified atom stereocenters. The van der Waals surface area contributed by atoms with Gasteiger partial charge in [0.15, 0.2) is 0 Å². The van der Waals surface area contributed by atoms with Gasteiger partial charge in [-0.05, 0) is 18.6 Å². The lowest BCUT2D eigenvalue weighted by molar-refractivity contribution is -0.144. The van der Waals surface area contributed by atoms with Crippen LogP contribution in [-0.2, 0) is 9.59 Å². The van der Waals surface area contributed by atoms with Crippen molar-refractivity contribution in [1.29, 1.82) is 0 Å². The second-order valence-electron chi connectivity index (χ2n) is 3.96. The molecule has 1 aliphatic carbocycles. The third-order valence-corrected chi connectivity index (χ3v) is 3.01. The summed E-state index contributed by atoms with van der Waals surface area (Å²) >= 11 is 0. The topological polar surface area (TPSA) is 70.2 Å². The highest BCUT2D eigenvalue weighted by atomic mass is 16.4. The van der Waals surface area contributed by atoms with E-state index in [0.717, 1.165) is 5.69 Å². The summed E-state index contributed by atoms with van der Waals surface area (Å²) in [7, 11) is 0. The number of aliphatic carboxylic acids is 1. The Morgan fingerprint density at radius 1 is 1.53 bits per heavy atom. The van der Waals surface area contributed by atoms with E-state index in [0.29, 0.717) is 19.3 Å². The molecule has 0 amide bonds. The summed E-state index contributed by atoms with van der Waals surface area (Å²) < 4.78 is 0. The molecule has 2 rings (SSSR count).